The van der Waals surface area contributed by atoms with Crippen LogP contribution in [0.5, 0.6) is 0 Å². The lowest BCUT2D eigenvalue weighted by Gasteiger charge is -2.21. The number of aromatic nitrogens is 3. The molecule has 7 nitrogen and oxygen atoms in total. The fourth-order valence-corrected chi connectivity index (χ4v) is 5.64. The van der Waals surface area contributed by atoms with E-state index in [-0.39, 0.29) is 5.91 Å². The number of carbonyl (C=O) groups excluding carboxylic acids is 1. The van der Waals surface area contributed by atoms with Crippen molar-refractivity contribution >= 4 is 52.0 Å². The van der Waals surface area contributed by atoms with Crippen molar-refractivity contribution < 1.29 is 4.79 Å². The van der Waals surface area contributed by atoms with Crippen LogP contribution in [0, 0.1) is 17.3 Å². The summed E-state index contributed by atoms with van der Waals surface area (Å²) in [4.78, 5) is 29.5. The molecule has 5 rings (SSSR count). The first-order valence-corrected chi connectivity index (χ1v) is 12.6. The van der Waals surface area contributed by atoms with Gasteiger partial charge in [-0.1, -0.05) is 38.4 Å². The summed E-state index contributed by atoms with van der Waals surface area (Å²) in [5, 5.41) is 7.81. The summed E-state index contributed by atoms with van der Waals surface area (Å²) in [7, 11) is 0. The molecule has 2 unspecified atom stereocenters. The lowest BCUT2D eigenvalue weighted by molar-refractivity contribution is 0.0938. The number of hydrogen-bond acceptors (Lipinski definition) is 5. The molecule has 3 aromatic rings. The number of carbonyl (C=O) groups is 1. The Hall–Kier alpha value is -3.19. The highest BCUT2D eigenvalue weighted by Crippen LogP contribution is 2.59. The van der Waals surface area contributed by atoms with Crippen LogP contribution >= 0.6 is 11.6 Å². The Kier molecular flexibility index (Phi) is 6.13. The third-order valence-corrected chi connectivity index (χ3v) is 7.29. The van der Waals surface area contributed by atoms with Gasteiger partial charge in [0, 0.05) is 29.5 Å². The van der Waals surface area contributed by atoms with Crippen LogP contribution in [0.4, 0.5) is 11.6 Å². The number of benzene rings is 1. The van der Waals surface area contributed by atoms with Gasteiger partial charge in [-0.05, 0) is 67.7 Å². The van der Waals surface area contributed by atoms with E-state index in [0.29, 0.717) is 40.0 Å². The third kappa shape index (κ3) is 4.82. The van der Waals surface area contributed by atoms with Crippen molar-refractivity contribution in [1.82, 2.24) is 20.3 Å². The van der Waals surface area contributed by atoms with Crippen molar-refractivity contribution in [2.24, 2.45) is 22.2 Å². The third-order valence-electron chi connectivity index (χ3n) is 6.99. The van der Waals surface area contributed by atoms with E-state index in [1.54, 1.807) is 12.3 Å². The molecule has 2 aromatic heterocycles. The fourth-order valence-electron chi connectivity index (χ4n) is 5.37. The van der Waals surface area contributed by atoms with Gasteiger partial charge in [0.15, 0.2) is 0 Å². The first kappa shape index (κ1) is 23.5. The van der Waals surface area contributed by atoms with E-state index in [1.807, 2.05) is 44.3 Å². The first-order valence-electron chi connectivity index (χ1n) is 12.2. The maximum atomic E-state index is 12.9. The fraction of sp³-hybridized carbons (Fsp3) is 0.407. The monoisotopic (exact) mass is 490 g/mol. The zero-order valence-corrected chi connectivity index (χ0v) is 21.3. The van der Waals surface area contributed by atoms with Crippen molar-refractivity contribution in [3.8, 4) is 0 Å². The molecule has 182 valence electrons. The molecule has 2 aliphatic carbocycles. The standard InChI is InChI=1S/C27H31ClN6O/c1-5-8-29-20(6-2)21-7-9-30-26(33-21)31-16-10-15-11-22(32-23(15)19(28)12-16)25(35)34-24-17-13-27(3,4)14-18(17)24/h6-12,17-18,24,32H,5,13-14H2,1-4H3,(H,34,35)(H,30,31,33)/b20-6-,29-8?. The molecule has 0 spiro atoms. The smallest absolute Gasteiger partial charge is 0.267 e. The van der Waals surface area contributed by atoms with Crippen LogP contribution in [0.15, 0.2) is 41.5 Å². The maximum Gasteiger partial charge on any atom is 0.267 e. The van der Waals surface area contributed by atoms with Gasteiger partial charge in [0.1, 0.15) is 5.69 Å². The average molecular weight is 491 g/mol. The van der Waals surface area contributed by atoms with Crippen molar-refractivity contribution in [2.45, 2.75) is 53.0 Å². The van der Waals surface area contributed by atoms with Crippen LogP contribution in [0.1, 0.15) is 63.1 Å². The second-order valence-corrected chi connectivity index (χ2v) is 10.7. The predicted molar refractivity (Wildman–Crippen MR) is 142 cm³/mol. The number of amides is 1. The SMILES string of the molecule is C/C=C(\N=CCC)c1ccnc(Nc2cc(Cl)c3[nH]c(C(=O)NC4C5CC(C)(C)CC54)cc3c2)n1. The Morgan fingerprint density at radius 1 is 1.29 bits per heavy atom. The van der Waals surface area contributed by atoms with Gasteiger partial charge in [0.2, 0.25) is 5.95 Å². The molecule has 2 atom stereocenters. The molecular formula is C27H31ClN6O. The predicted octanol–water partition coefficient (Wildman–Crippen LogP) is 6.36. The number of H-pyrrole nitrogens is 1. The second kappa shape index (κ2) is 9.11. The van der Waals surface area contributed by atoms with Gasteiger partial charge in [0.05, 0.1) is 21.9 Å². The topological polar surface area (TPSA) is 95.1 Å². The van der Waals surface area contributed by atoms with Crippen molar-refractivity contribution in [3.05, 3.63) is 52.9 Å². The Balaban J connectivity index is 1.32. The molecule has 8 heteroatoms. The number of nitrogens with zero attached hydrogens (tertiary/aromatic N) is 3. The molecule has 35 heavy (non-hydrogen) atoms. The Labute approximate surface area is 210 Å². The Bertz CT molecular complexity index is 1330. The number of hydrogen-bond donors (Lipinski definition) is 3. The van der Waals surface area contributed by atoms with Crippen LogP contribution in [-0.4, -0.2) is 33.1 Å². The quantitative estimate of drug-likeness (QED) is 0.336. The zero-order chi connectivity index (χ0) is 24.7. The van der Waals surface area contributed by atoms with Crippen molar-refractivity contribution in [2.75, 3.05) is 5.32 Å². The summed E-state index contributed by atoms with van der Waals surface area (Å²) in [6, 6.07) is 7.71. The number of aliphatic imine (C=N–C) groups is 1. The van der Waals surface area contributed by atoms with E-state index < -0.39 is 0 Å². The maximum absolute atomic E-state index is 12.9. The first-order chi connectivity index (χ1) is 16.8. The van der Waals surface area contributed by atoms with E-state index in [9.17, 15) is 4.79 Å². The van der Waals surface area contributed by atoms with Gasteiger partial charge in [-0.25, -0.2) is 9.97 Å². The average Bonchev–Trinajstić information content (AvgIpc) is 3.15. The molecule has 0 radical (unpaired) electrons. The Morgan fingerprint density at radius 2 is 2.06 bits per heavy atom. The number of halogens is 1. The molecule has 1 aromatic carbocycles. The van der Waals surface area contributed by atoms with Gasteiger partial charge in [-0.2, -0.15) is 0 Å². The normalized spacial score (nSPS) is 23.0. The minimum absolute atomic E-state index is 0.0773. The second-order valence-electron chi connectivity index (χ2n) is 10.3. The lowest BCUT2D eigenvalue weighted by Crippen LogP contribution is -2.30. The van der Waals surface area contributed by atoms with E-state index in [4.69, 9.17) is 11.6 Å². The zero-order valence-electron chi connectivity index (χ0n) is 20.5. The van der Waals surface area contributed by atoms with E-state index in [0.717, 1.165) is 34.4 Å². The molecule has 1 amide bonds. The summed E-state index contributed by atoms with van der Waals surface area (Å²) < 4.78 is 0. The minimum atomic E-state index is -0.0773. The van der Waals surface area contributed by atoms with Crippen molar-refractivity contribution in [3.63, 3.8) is 0 Å². The number of allylic oxidation sites excluding steroid dienone is 1. The molecule has 2 heterocycles. The summed E-state index contributed by atoms with van der Waals surface area (Å²) >= 11 is 6.56. The molecule has 0 saturated heterocycles. The van der Waals surface area contributed by atoms with Crippen LogP contribution < -0.4 is 10.6 Å². The highest BCUT2D eigenvalue weighted by Gasteiger charge is 2.59. The molecule has 2 aliphatic rings. The van der Waals surface area contributed by atoms with Crippen molar-refractivity contribution in [1.29, 1.82) is 0 Å². The summed E-state index contributed by atoms with van der Waals surface area (Å²) in [6.07, 6.45) is 8.68. The number of aromatic amines is 1. The number of fused-ring (bicyclic) bond motifs is 2. The molecule has 2 saturated carbocycles. The lowest BCUT2D eigenvalue weighted by atomic mass is 9.87. The highest BCUT2D eigenvalue weighted by atomic mass is 35.5. The van der Waals surface area contributed by atoms with E-state index in [1.165, 1.54) is 12.8 Å². The van der Waals surface area contributed by atoms with Gasteiger partial charge in [0.25, 0.3) is 5.91 Å². The highest BCUT2D eigenvalue weighted by molar-refractivity contribution is 6.35. The van der Waals surface area contributed by atoms with Gasteiger partial charge in [-0.3, -0.25) is 9.79 Å². The van der Waals surface area contributed by atoms with Crippen LogP contribution in [0.2, 0.25) is 5.02 Å². The summed E-state index contributed by atoms with van der Waals surface area (Å²) in [6.45, 7) is 8.59. The summed E-state index contributed by atoms with van der Waals surface area (Å²) in [5.74, 6) is 1.60. The van der Waals surface area contributed by atoms with Gasteiger partial charge in [-0.15, -0.1) is 0 Å². The van der Waals surface area contributed by atoms with Crippen LogP contribution in [0.3, 0.4) is 0 Å². The number of nitrogens with one attached hydrogen (secondary N) is 3. The molecule has 3 N–H and O–H groups in total. The molecule has 0 bridgehead atoms. The molecular weight excluding hydrogens is 460 g/mol. The van der Waals surface area contributed by atoms with Crippen LogP contribution in [0.25, 0.3) is 16.6 Å². The minimum Gasteiger partial charge on any atom is -0.349 e. The van der Waals surface area contributed by atoms with Crippen LogP contribution in [-0.2, 0) is 0 Å². The summed E-state index contributed by atoms with van der Waals surface area (Å²) in [5.41, 5.74) is 3.91. The van der Waals surface area contributed by atoms with Gasteiger partial charge >= 0.3 is 0 Å². The van der Waals surface area contributed by atoms with Gasteiger partial charge < -0.3 is 15.6 Å². The van der Waals surface area contributed by atoms with E-state index >= 15 is 0 Å². The molecule has 2 fully saturated rings. The Morgan fingerprint density at radius 3 is 2.77 bits per heavy atom. The number of anilines is 2. The van der Waals surface area contributed by atoms with E-state index in [2.05, 4.69) is 44.4 Å². The largest absolute Gasteiger partial charge is 0.349 e. The molecule has 0 aliphatic heterocycles. The number of rotatable bonds is 7.